The van der Waals surface area contributed by atoms with E-state index >= 15 is 0 Å². The second-order valence-corrected chi connectivity index (χ2v) is 6.36. The first-order valence-corrected chi connectivity index (χ1v) is 8.13. The van der Waals surface area contributed by atoms with Gasteiger partial charge in [0.25, 0.3) is 11.6 Å². The minimum absolute atomic E-state index is 0.0981. The fourth-order valence-corrected chi connectivity index (χ4v) is 2.51. The molecule has 1 N–H and O–H groups in total. The summed E-state index contributed by atoms with van der Waals surface area (Å²) in [5.74, 6) is 0.537. The number of benzene rings is 2. The molecule has 0 radical (unpaired) electrons. The molecule has 0 aliphatic rings. The highest BCUT2D eigenvalue weighted by atomic mass is 35.5. The molecule has 0 saturated carbocycles. The maximum absolute atomic E-state index is 12.1. The molecule has 0 heterocycles. The first-order chi connectivity index (χ1) is 11.8. The molecule has 2 aromatic carbocycles. The smallest absolute Gasteiger partial charge is 0.271 e. The number of hydrogen-bond acceptors (Lipinski definition) is 4. The molecule has 25 heavy (non-hydrogen) atoms. The maximum Gasteiger partial charge on any atom is 0.271 e. The van der Waals surface area contributed by atoms with E-state index in [1.165, 1.54) is 18.2 Å². The van der Waals surface area contributed by atoms with Crippen molar-refractivity contribution in [1.82, 2.24) is 0 Å². The van der Waals surface area contributed by atoms with Crippen LogP contribution in [0.2, 0.25) is 5.02 Å². The highest BCUT2D eigenvalue weighted by Gasteiger charge is 2.13. The van der Waals surface area contributed by atoms with Gasteiger partial charge in [-0.2, -0.15) is 0 Å². The quantitative estimate of drug-likeness (QED) is 0.596. The number of anilines is 1. The van der Waals surface area contributed by atoms with E-state index < -0.39 is 10.8 Å². The molecule has 0 atom stereocenters. The summed E-state index contributed by atoms with van der Waals surface area (Å²) in [4.78, 5) is 22.2. The monoisotopic (exact) mass is 362 g/mol. The van der Waals surface area contributed by atoms with Gasteiger partial charge in [0.1, 0.15) is 5.75 Å². The van der Waals surface area contributed by atoms with Crippen LogP contribution in [0, 0.1) is 17.0 Å². The molecule has 0 aliphatic carbocycles. The summed E-state index contributed by atoms with van der Waals surface area (Å²) < 4.78 is 5.65. The predicted octanol–water partition coefficient (Wildman–Crippen LogP) is 4.70. The number of carbonyl (C=O) groups excluding carboxylic acids is 1. The number of rotatable bonds is 6. The first-order valence-electron chi connectivity index (χ1n) is 7.75. The van der Waals surface area contributed by atoms with Gasteiger partial charge in [-0.25, -0.2) is 0 Å². The first kappa shape index (κ1) is 18.7. The van der Waals surface area contributed by atoms with Crippen molar-refractivity contribution in [3.05, 3.63) is 62.7 Å². The van der Waals surface area contributed by atoms with E-state index in [2.05, 4.69) is 5.32 Å². The van der Waals surface area contributed by atoms with Crippen molar-refractivity contribution in [3.8, 4) is 5.75 Å². The second-order valence-electron chi connectivity index (χ2n) is 5.95. The van der Waals surface area contributed by atoms with E-state index in [-0.39, 0.29) is 23.2 Å². The zero-order valence-electron chi connectivity index (χ0n) is 14.2. The Labute approximate surface area is 150 Å². The van der Waals surface area contributed by atoms with Crippen molar-refractivity contribution in [3.63, 3.8) is 0 Å². The number of nitrogens with zero attached hydrogens (tertiary/aromatic N) is 1. The van der Waals surface area contributed by atoms with E-state index in [1.807, 2.05) is 39.0 Å². The van der Waals surface area contributed by atoms with E-state index in [1.54, 1.807) is 0 Å². The summed E-state index contributed by atoms with van der Waals surface area (Å²) in [5, 5.41) is 13.4. The van der Waals surface area contributed by atoms with Crippen molar-refractivity contribution in [1.29, 1.82) is 0 Å². The lowest BCUT2D eigenvalue weighted by atomic mass is 10.0. The highest BCUT2D eigenvalue weighted by Crippen LogP contribution is 2.28. The summed E-state index contributed by atoms with van der Waals surface area (Å²) in [6.07, 6.45) is 0. The van der Waals surface area contributed by atoms with E-state index in [4.69, 9.17) is 16.3 Å². The van der Waals surface area contributed by atoms with Gasteiger partial charge in [-0.15, -0.1) is 0 Å². The van der Waals surface area contributed by atoms with Crippen LogP contribution in [0.25, 0.3) is 0 Å². The van der Waals surface area contributed by atoms with Gasteiger partial charge in [-0.3, -0.25) is 14.9 Å². The molecule has 0 aliphatic heterocycles. The molecular formula is C18H19ClN2O4. The molecule has 0 bridgehead atoms. The fraction of sp³-hybridized carbons (Fsp3) is 0.278. The van der Waals surface area contributed by atoms with Gasteiger partial charge >= 0.3 is 0 Å². The Hall–Kier alpha value is -2.60. The van der Waals surface area contributed by atoms with Gasteiger partial charge < -0.3 is 10.1 Å². The number of nitrogens with one attached hydrogen (secondary N) is 1. The van der Waals surface area contributed by atoms with Crippen LogP contribution in [0.1, 0.15) is 30.9 Å². The van der Waals surface area contributed by atoms with Crippen molar-refractivity contribution in [2.45, 2.75) is 26.7 Å². The third-order valence-corrected chi connectivity index (χ3v) is 3.90. The summed E-state index contributed by atoms with van der Waals surface area (Å²) in [6, 6.07) is 9.74. The van der Waals surface area contributed by atoms with Crippen LogP contribution in [0.15, 0.2) is 36.4 Å². The van der Waals surface area contributed by atoms with Crippen LogP contribution in [-0.4, -0.2) is 17.4 Å². The number of nitro benzene ring substituents is 1. The van der Waals surface area contributed by atoms with Gasteiger partial charge in [-0.1, -0.05) is 37.6 Å². The molecule has 0 spiro atoms. The number of halogens is 1. The summed E-state index contributed by atoms with van der Waals surface area (Å²) in [5.41, 5.74) is 2.22. The Morgan fingerprint density at radius 1 is 1.28 bits per heavy atom. The molecule has 0 saturated heterocycles. The van der Waals surface area contributed by atoms with E-state index in [0.717, 1.165) is 11.1 Å². The third kappa shape index (κ3) is 4.93. The predicted molar refractivity (Wildman–Crippen MR) is 97.5 cm³/mol. The lowest BCUT2D eigenvalue weighted by molar-refractivity contribution is -0.384. The number of ether oxygens (including phenoxy) is 1. The third-order valence-electron chi connectivity index (χ3n) is 3.59. The molecule has 1 amide bonds. The number of non-ortho nitro benzene ring substituents is 1. The summed E-state index contributed by atoms with van der Waals surface area (Å²) >= 11 is 5.96. The molecule has 132 valence electrons. The van der Waals surface area contributed by atoms with Crippen LogP contribution in [0.3, 0.4) is 0 Å². The van der Waals surface area contributed by atoms with Crippen LogP contribution in [0.5, 0.6) is 5.75 Å². The normalized spacial score (nSPS) is 10.6. The summed E-state index contributed by atoms with van der Waals surface area (Å²) in [7, 11) is 0. The highest BCUT2D eigenvalue weighted by molar-refractivity contribution is 6.34. The van der Waals surface area contributed by atoms with Crippen molar-refractivity contribution >= 4 is 28.9 Å². The van der Waals surface area contributed by atoms with Gasteiger partial charge in [0.05, 0.1) is 15.6 Å². The number of hydrogen-bond donors (Lipinski definition) is 1. The molecule has 6 nitrogen and oxygen atoms in total. The van der Waals surface area contributed by atoms with E-state index in [0.29, 0.717) is 11.4 Å². The topological polar surface area (TPSA) is 81.5 Å². The molecule has 2 rings (SSSR count). The zero-order valence-corrected chi connectivity index (χ0v) is 15.0. The summed E-state index contributed by atoms with van der Waals surface area (Å²) in [6.45, 7) is 5.87. The average Bonchev–Trinajstić information content (AvgIpc) is 2.54. The minimum Gasteiger partial charge on any atom is -0.483 e. The Balaban J connectivity index is 2.04. The minimum atomic E-state index is -0.550. The zero-order chi connectivity index (χ0) is 18.6. The number of amides is 1. The number of nitro groups is 1. The Kier molecular flexibility index (Phi) is 5.98. The fourth-order valence-electron chi connectivity index (χ4n) is 2.29. The van der Waals surface area contributed by atoms with Crippen LogP contribution in [-0.2, 0) is 4.79 Å². The van der Waals surface area contributed by atoms with Crippen LogP contribution in [0.4, 0.5) is 11.4 Å². The number of aryl methyl sites for hydroxylation is 1. The molecule has 2 aromatic rings. The Morgan fingerprint density at radius 2 is 2.00 bits per heavy atom. The van der Waals surface area contributed by atoms with Crippen molar-refractivity contribution < 1.29 is 14.5 Å². The van der Waals surface area contributed by atoms with Gasteiger partial charge in [0, 0.05) is 12.1 Å². The lowest BCUT2D eigenvalue weighted by Gasteiger charge is -2.15. The molecule has 7 heteroatoms. The standard InChI is InChI=1S/C18H19ClN2O4/c1-11(2)14-6-4-12(3)8-17(14)25-10-18(22)20-16-7-5-13(21(23)24)9-15(16)19/h4-9,11H,10H2,1-3H3,(H,20,22). The SMILES string of the molecule is Cc1ccc(C(C)C)c(OCC(=O)Nc2ccc([N+](=O)[O-])cc2Cl)c1. The molecule has 0 fully saturated rings. The Morgan fingerprint density at radius 3 is 2.60 bits per heavy atom. The van der Waals surface area contributed by atoms with Crippen molar-refractivity contribution in [2.24, 2.45) is 0 Å². The Bertz CT molecular complexity index is 806. The van der Waals surface area contributed by atoms with Crippen LogP contribution < -0.4 is 10.1 Å². The van der Waals surface area contributed by atoms with Crippen molar-refractivity contribution in [2.75, 3.05) is 11.9 Å². The largest absolute Gasteiger partial charge is 0.483 e. The van der Waals surface area contributed by atoms with Crippen LogP contribution >= 0.6 is 11.6 Å². The maximum atomic E-state index is 12.1. The molecule has 0 unspecified atom stereocenters. The number of carbonyl (C=O) groups is 1. The molecular weight excluding hydrogens is 344 g/mol. The van der Waals surface area contributed by atoms with Gasteiger partial charge in [0.15, 0.2) is 6.61 Å². The van der Waals surface area contributed by atoms with Gasteiger partial charge in [0.2, 0.25) is 0 Å². The van der Waals surface area contributed by atoms with Gasteiger partial charge in [-0.05, 0) is 36.1 Å². The average molecular weight is 363 g/mol. The lowest BCUT2D eigenvalue weighted by Crippen LogP contribution is -2.20. The molecule has 0 aromatic heterocycles. The van der Waals surface area contributed by atoms with E-state index in [9.17, 15) is 14.9 Å². The second kappa shape index (κ2) is 7.98.